The molecule has 0 atom stereocenters. The number of methoxy groups -OCH3 is 1. The zero-order valence-corrected chi connectivity index (χ0v) is 11.6. The molecule has 18 heavy (non-hydrogen) atoms. The quantitative estimate of drug-likeness (QED) is 0.630. The SMILES string of the molecule is COc1c(Br)cc(F)cc1C1(N=C=O)CCCC1. The second-order valence-electron chi connectivity index (χ2n) is 4.41. The van der Waals surface area contributed by atoms with Crippen LogP contribution >= 0.6 is 15.9 Å². The van der Waals surface area contributed by atoms with Crippen molar-refractivity contribution < 1.29 is 13.9 Å². The van der Waals surface area contributed by atoms with Crippen molar-refractivity contribution in [2.24, 2.45) is 4.99 Å². The van der Waals surface area contributed by atoms with Crippen LogP contribution in [0.3, 0.4) is 0 Å². The standard InChI is InChI=1S/C13H13BrFNO2/c1-18-12-10(6-9(15)7-11(12)14)13(16-8-17)4-2-3-5-13/h6-7H,2-5H2,1H3. The molecule has 5 heteroatoms. The fourth-order valence-corrected chi connectivity index (χ4v) is 3.20. The van der Waals surface area contributed by atoms with E-state index in [-0.39, 0.29) is 5.82 Å². The van der Waals surface area contributed by atoms with Crippen LogP contribution in [0.5, 0.6) is 5.75 Å². The van der Waals surface area contributed by atoms with Crippen LogP contribution < -0.4 is 4.74 Å². The number of carbonyl (C=O) groups excluding carboxylic acids is 1. The van der Waals surface area contributed by atoms with E-state index in [1.165, 1.54) is 19.2 Å². The molecule has 1 fully saturated rings. The van der Waals surface area contributed by atoms with E-state index in [1.807, 2.05) is 0 Å². The highest BCUT2D eigenvalue weighted by Crippen LogP contribution is 2.47. The van der Waals surface area contributed by atoms with Gasteiger partial charge in [-0.05, 0) is 40.9 Å². The van der Waals surface area contributed by atoms with Gasteiger partial charge < -0.3 is 4.74 Å². The molecule has 0 saturated heterocycles. The Morgan fingerprint density at radius 2 is 2.11 bits per heavy atom. The first kappa shape index (κ1) is 13.2. The molecule has 1 aromatic carbocycles. The zero-order chi connectivity index (χ0) is 13.2. The Hall–Kier alpha value is -1.19. The summed E-state index contributed by atoms with van der Waals surface area (Å²) in [5.41, 5.74) is -0.0599. The highest BCUT2D eigenvalue weighted by Gasteiger charge is 2.39. The van der Waals surface area contributed by atoms with E-state index in [4.69, 9.17) is 4.74 Å². The van der Waals surface area contributed by atoms with Crippen LogP contribution in [-0.2, 0) is 10.3 Å². The number of hydrogen-bond donors (Lipinski definition) is 0. The third-order valence-electron chi connectivity index (χ3n) is 3.40. The van der Waals surface area contributed by atoms with Gasteiger partial charge in [0.15, 0.2) is 0 Å². The van der Waals surface area contributed by atoms with Gasteiger partial charge in [0.25, 0.3) is 0 Å². The molecule has 1 aromatic rings. The van der Waals surface area contributed by atoms with Gasteiger partial charge in [0.1, 0.15) is 17.1 Å². The van der Waals surface area contributed by atoms with E-state index < -0.39 is 5.54 Å². The second kappa shape index (κ2) is 5.21. The van der Waals surface area contributed by atoms with Crippen molar-refractivity contribution in [2.45, 2.75) is 31.2 Å². The van der Waals surface area contributed by atoms with Gasteiger partial charge in [-0.3, -0.25) is 0 Å². The first-order valence-corrected chi connectivity index (χ1v) is 6.55. The Morgan fingerprint density at radius 1 is 1.44 bits per heavy atom. The van der Waals surface area contributed by atoms with Gasteiger partial charge in [0.05, 0.1) is 11.6 Å². The number of aliphatic imine (C=N–C) groups is 1. The van der Waals surface area contributed by atoms with Crippen LogP contribution in [-0.4, -0.2) is 13.2 Å². The van der Waals surface area contributed by atoms with Crippen LogP contribution in [0.25, 0.3) is 0 Å². The molecule has 96 valence electrons. The number of halogens is 2. The van der Waals surface area contributed by atoms with Crippen LogP contribution in [0.1, 0.15) is 31.2 Å². The topological polar surface area (TPSA) is 38.7 Å². The first-order chi connectivity index (χ1) is 8.63. The third-order valence-corrected chi connectivity index (χ3v) is 3.99. The number of isocyanates is 1. The number of benzene rings is 1. The van der Waals surface area contributed by atoms with Crippen molar-refractivity contribution in [3.05, 3.63) is 28.0 Å². The summed E-state index contributed by atoms with van der Waals surface area (Å²) in [5, 5.41) is 0. The average molecular weight is 314 g/mol. The minimum atomic E-state index is -0.683. The van der Waals surface area contributed by atoms with Crippen LogP contribution in [0, 0.1) is 5.82 Å². The Morgan fingerprint density at radius 3 is 2.67 bits per heavy atom. The van der Waals surface area contributed by atoms with Crippen molar-refractivity contribution in [1.82, 2.24) is 0 Å². The van der Waals surface area contributed by atoms with Crippen molar-refractivity contribution in [3.63, 3.8) is 0 Å². The summed E-state index contributed by atoms with van der Waals surface area (Å²) < 4.78 is 19.4. The maximum absolute atomic E-state index is 13.6. The minimum Gasteiger partial charge on any atom is -0.495 e. The van der Waals surface area contributed by atoms with Gasteiger partial charge in [-0.25, -0.2) is 9.18 Å². The van der Waals surface area contributed by atoms with E-state index in [0.29, 0.717) is 28.6 Å². The molecule has 1 aliphatic rings. The van der Waals surface area contributed by atoms with Crippen molar-refractivity contribution in [3.8, 4) is 5.75 Å². The predicted molar refractivity (Wildman–Crippen MR) is 68.9 cm³/mol. The number of rotatable bonds is 3. The molecule has 0 amide bonds. The van der Waals surface area contributed by atoms with E-state index in [2.05, 4.69) is 20.9 Å². The second-order valence-corrected chi connectivity index (χ2v) is 5.26. The molecule has 0 bridgehead atoms. The molecule has 0 aromatic heterocycles. The van der Waals surface area contributed by atoms with Gasteiger partial charge in [-0.2, -0.15) is 4.99 Å². The van der Waals surface area contributed by atoms with Gasteiger partial charge in [0.2, 0.25) is 6.08 Å². The summed E-state index contributed by atoms with van der Waals surface area (Å²) in [4.78, 5) is 14.6. The Bertz CT molecular complexity index is 506. The maximum Gasteiger partial charge on any atom is 0.235 e. The monoisotopic (exact) mass is 313 g/mol. The molecular weight excluding hydrogens is 301 g/mol. The van der Waals surface area contributed by atoms with E-state index in [9.17, 15) is 9.18 Å². The normalized spacial score (nSPS) is 17.3. The Kier molecular flexibility index (Phi) is 3.83. The Balaban J connectivity index is 2.64. The molecule has 0 N–H and O–H groups in total. The number of nitrogens with zero attached hydrogens (tertiary/aromatic N) is 1. The molecule has 0 heterocycles. The predicted octanol–water partition coefficient (Wildman–Crippen LogP) is 3.70. The lowest BCUT2D eigenvalue weighted by Crippen LogP contribution is -2.20. The van der Waals surface area contributed by atoms with Gasteiger partial charge in [-0.15, -0.1) is 0 Å². The minimum absolute atomic E-state index is 0.370. The summed E-state index contributed by atoms with van der Waals surface area (Å²) in [6.07, 6.45) is 4.98. The van der Waals surface area contributed by atoms with E-state index >= 15 is 0 Å². The van der Waals surface area contributed by atoms with Crippen LogP contribution in [0.2, 0.25) is 0 Å². The van der Waals surface area contributed by atoms with Crippen LogP contribution in [0.4, 0.5) is 4.39 Å². The number of ether oxygens (including phenoxy) is 1. The van der Waals surface area contributed by atoms with E-state index in [0.717, 1.165) is 12.8 Å². The fourth-order valence-electron chi connectivity index (χ4n) is 2.60. The van der Waals surface area contributed by atoms with Crippen LogP contribution in [0.15, 0.2) is 21.6 Å². The molecule has 1 saturated carbocycles. The van der Waals surface area contributed by atoms with Gasteiger partial charge >= 0.3 is 0 Å². The van der Waals surface area contributed by atoms with E-state index in [1.54, 1.807) is 6.08 Å². The summed E-state index contributed by atoms with van der Waals surface area (Å²) >= 11 is 3.28. The first-order valence-electron chi connectivity index (χ1n) is 5.75. The van der Waals surface area contributed by atoms with Gasteiger partial charge in [-0.1, -0.05) is 12.8 Å². The molecular formula is C13H13BrFNO2. The van der Waals surface area contributed by atoms with Gasteiger partial charge in [0, 0.05) is 5.56 Å². The largest absolute Gasteiger partial charge is 0.495 e. The molecule has 0 radical (unpaired) electrons. The molecule has 2 rings (SSSR count). The zero-order valence-electron chi connectivity index (χ0n) is 10.0. The summed E-state index contributed by atoms with van der Waals surface area (Å²) in [7, 11) is 1.52. The summed E-state index contributed by atoms with van der Waals surface area (Å²) in [5.74, 6) is 0.169. The summed E-state index contributed by atoms with van der Waals surface area (Å²) in [6.45, 7) is 0. The van der Waals surface area contributed by atoms with Crippen molar-refractivity contribution in [2.75, 3.05) is 7.11 Å². The maximum atomic E-state index is 13.6. The molecule has 0 spiro atoms. The summed E-state index contributed by atoms with van der Waals surface area (Å²) in [6, 6.07) is 2.74. The number of hydrogen-bond acceptors (Lipinski definition) is 3. The van der Waals surface area contributed by atoms with Crippen molar-refractivity contribution in [1.29, 1.82) is 0 Å². The fraction of sp³-hybridized carbons (Fsp3) is 0.462. The van der Waals surface area contributed by atoms with Crippen molar-refractivity contribution >= 4 is 22.0 Å². The molecule has 3 nitrogen and oxygen atoms in total. The Labute approximate surface area is 113 Å². The lowest BCUT2D eigenvalue weighted by Gasteiger charge is -2.25. The highest BCUT2D eigenvalue weighted by atomic mass is 79.9. The molecule has 1 aliphatic carbocycles. The molecule has 0 aliphatic heterocycles. The third kappa shape index (κ3) is 2.20. The molecule has 0 unspecified atom stereocenters. The highest BCUT2D eigenvalue weighted by molar-refractivity contribution is 9.10. The average Bonchev–Trinajstić information content (AvgIpc) is 2.78. The smallest absolute Gasteiger partial charge is 0.235 e. The lowest BCUT2D eigenvalue weighted by molar-refractivity contribution is 0.374. The lowest BCUT2D eigenvalue weighted by atomic mass is 9.88.